The van der Waals surface area contributed by atoms with E-state index < -0.39 is 5.60 Å². The van der Waals surface area contributed by atoms with Crippen LogP contribution >= 0.6 is 0 Å². The molecular weight excluding hydrogens is 136 g/mol. The summed E-state index contributed by atoms with van der Waals surface area (Å²) in [6.45, 7) is 5.52. The van der Waals surface area contributed by atoms with Crippen molar-refractivity contribution in [3.8, 4) is 0 Å². The molecule has 0 spiro atoms. The molecule has 0 saturated heterocycles. The molecule has 1 heteroatoms. The number of rotatable bonds is 1. The summed E-state index contributed by atoms with van der Waals surface area (Å²) in [6.07, 6.45) is 0. The number of aliphatic hydroxyl groups is 1. The summed E-state index contributed by atoms with van der Waals surface area (Å²) in [5, 5.41) is 9.64. The monoisotopic (exact) mass is 149 g/mol. The van der Waals surface area contributed by atoms with Crippen LogP contribution in [0.4, 0.5) is 0 Å². The molecular formula is C10H13O. The van der Waals surface area contributed by atoms with Crippen LogP contribution in [0.3, 0.4) is 0 Å². The normalized spacial score (nSPS) is 11.6. The Bertz CT molecular complexity index is 245. The maximum Gasteiger partial charge on any atom is 0.0849 e. The Hall–Kier alpha value is -0.820. The van der Waals surface area contributed by atoms with Crippen molar-refractivity contribution in [2.75, 3.05) is 0 Å². The molecule has 0 heterocycles. The summed E-state index contributed by atoms with van der Waals surface area (Å²) in [4.78, 5) is 0. The van der Waals surface area contributed by atoms with Gasteiger partial charge in [-0.05, 0) is 38.0 Å². The molecule has 1 nitrogen and oxygen atoms in total. The first-order chi connectivity index (χ1) is 5.02. The fourth-order valence-electron chi connectivity index (χ4n) is 1.18. The molecule has 1 aromatic rings. The highest BCUT2D eigenvalue weighted by Crippen LogP contribution is 2.21. The quantitative estimate of drug-likeness (QED) is 0.647. The minimum Gasteiger partial charge on any atom is -0.386 e. The molecule has 1 aromatic carbocycles. The molecule has 0 unspecified atom stereocenters. The number of hydrogen-bond acceptors (Lipinski definition) is 1. The average molecular weight is 149 g/mol. The van der Waals surface area contributed by atoms with Gasteiger partial charge in [0, 0.05) is 0 Å². The maximum atomic E-state index is 9.64. The van der Waals surface area contributed by atoms with Crippen molar-refractivity contribution in [1.82, 2.24) is 0 Å². The standard InChI is InChI=1S/C10H13O/c1-8-6-4-5-7-9(8)10(2,3)11/h4-6,11H,1-3H3. The molecule has 0 aliphatic rings. The summed E-state index contributed by atoms with van der Waals surface area (Å²) in [5.41, 5.74) is 1.19. The Kier molecular flexibility index (Phi) is 2.01. The second-order valence-corrected chi connectivity index (χ2v) is 3.29. The van der Waals surface area contributed by atoms with Crippen LogP contribution in [0, 0.1) is 13.0 Å². The first kappa shape index (κ1) is 8.28. The Morgan fingerprint density at radius 1 is 1.45 bits per heavy atom. The van der Waals surface area contributed by atoms with Crippen LogP contribution in [0.5, 0.6) is 0 Å². The van der Waals surface area contributed by atoms with Gasteiger partial charge in [-0.15, -0.1) is 0 Å². The first-order valence-corrected chi connectivity index (χ1v) is 3.72. The molecule has 0 amide bonds. The van der Waals surface area contributed by atoms with Crippen molar-refractivity contribution in [2.45, 2.75) is 26.4 Å². The van der Waals surface area contributed by atoms with E-state index in [0.29, 0.717) is 0 Å². The molecule has 0 saturated carbocycles. The molecule has 11 heavy (non-hydrogen) atoms. The third-order valence-corrected chi connectivity index (χ3v) is 1.68. The van der Waals surface area contributed by atoms with Crippen LogP contribution < -0.4 is 0 Å². The Labute approximate surface area is 67.7 Å². The lowest BCUT2D eigenvalue weighted by atomic mass is 9.94. The van der Waals surface area contributed by atoms with E-state index in [4.69, 9.17) is 0 Å². The van der Waals surface area contributed by atoms with Crippen LogP contribution in [0.2, 0.25) is 0 Å². The van der Waals surface area contributed by atoms with Gasteiger partial charge in [0.1, 0.15) is 0 Å². The molecule has 1 N–H and O–H groups in total. The van der Waals surface area contributed by atoms with Crippen molar-refractivity contribution < 1.29 is 5.11 Å². The highest BCUT2D eigenvalue weighted by atomic mass is 16.3. The summed E-state index contributed by atoms with van der Waals surface area (Å²) in [7, 11) is 0. The average Bonchev–Trinajstić information content (AvgIpc) is 1.86. The van der Waals surface area contributed by atoms with Crippen LogP contribution in [-0.2, 0) is 5.60 Å². The molecule has 1 rings (SSSR count). The van der Waals surface area contributed by atoms with E-state index in [1.807, 2.05) is 25.1 Å². The van der Waals surface area contributed by atoms with Crippen LogP contribution in [0.1, 0.15) is 25.0 Å². The maximum absolute atomic E-state index is 9.64. The van der Waals surface area contributed by atoms with E-state index in [-0.39, 0.29) is 0 Å². The van der Waals surface area contributed by atoms with Crippen molar-refractivity contribution in [3.05, 3.63) is 35.4 Å². The Balaban J connectivity index is 3.14. The molecule has 0 fully saturated rings. The highest BCUT2D eigenvalue weighted by molar-refractivity contribution is 5.28. The lowest BCUT2D eigenvalue weighted by molar-refractivity contribution is 0.0776. The SMILES string of the molecule is Cc1ccc[c]c1C(C)(C)O. The van der Waals surface area contributed by atoms with Gasteiger partial charge in [0.05, 0.1) is 5.60 Å². The molecule has 59 valence electrons. The number of benzene rings is 1. The third kappa shape index (κ3) is 1.81. The predicted octanol–water partition coefficient (Wildman–Crippen LogP) is 2.02. The highest BCUT2D eigenvalue weighted by Gasteiger charge is 2.17. The molecule has 0 aliphatic carbocycles. The fraction of sp³-hybridized carbons (Fsp3) is 0.400. The van der Waals surface area contributed by atoms with Gasteiger partial charge in [-0.25, -0.2) is 0 Å². The zero-order valence-corrected chi connectivity index (χ0v) is 7.18. The van der Waals surface area contributed by atoms with Gasteiger partial charge < -0.3 is 5.11 Å². The molecule has 0 bridgehead atoms. The topological polar surface area (TPSA) is 20.2 Å². The van der Waals surface area contributed by atoms with E-state index in [1.54, 1.807) is 13.8 Å². The lowest BCUT2D eigenvalue weighted by Crippen LogP contribution is -2.16. The van der Waals surface area contributed by atoms with Gasteiger partial charge in [-0.3, -0.25) is 0 Å². The first-order valence-electron chi connectivity index (χ1n) is 3.72. The van der Waals surface area contributed by atoms with Gasteiger partial charge in [-0.2, -0.15) is 0 Å². The van der Waals surface area contributed by atoms with Crippen molar-refractivity contribution in [2.24, 2.45) is 0 Å². The largest absolute Gasteiger partial charge is 0.386 e. The summed E-state index contributed by atoms with van der Waals surface area (Å²) >= 11 is 0. The zero-order valence-electron chi connectivity index (χ0n) is 7.18. The summed E-state index contributed by atoms with van der Waals surface area (Å²) in [5.74, 6) is 0. The van der Waals surface area contributed by atoms with Gasteiger partial charge in [-0.1, -0.05) is 18.2 Å². The van der Waals surface area contributed by atoms with Gasteiger partial charge >= 0.3 is 0 Å². The van der Waals surface area contributed by atoms with Gasteiger partial charge in [0.2, 0.25) is 0 Å². The lowest BCUT2D eigenvalue weighted by Gasteiger charge is -2.19. The fourth-order valence-corrected chi connectivity index (χ4v) is 1.18. The Morgan fingerprint density at radius 3 is 2.45 bits per heavy atom. The van der Waals surface area contributed by atoms with Crippen molar-refractivity contribution in [3.63, 3.8) is 0 Å². The number of hydrogen-bond donors (Lipinski definition) is 1. The predicted molar refractivity (Wildman–Crippen MR) is 45.3 cm³/mol. The van der Waals surface area contributed by atoms with E-state index in [2.05, 4.69) is 6.07 Å². The van der Waals surface area contributed by atoms with Gasteiger partial charge in [0.25, 0.3) is 0 Å². The van der Waals surface area contributed by atoms with E-state index in [0.717, 1.165) is 11.1 Å². The summed E-state index contributed by atoms with van der Waals surface area (Å²) < 4.78 is 0. The number of aryl methyl sites for hydroxylation is 1. The molecule has 0 atom stereocenters. The Morgan fingerprint density at radius 2 is 2.09 bits per heavy atom. The minimum absolute atomic E-state index is 0.772. The van der Waals surface area contributed by atoms with Crippen molar-refractivity contribution in [1.29, 1.82) is 0 Å². The second kappa shape index (κ2) is 2.67. The van der Waals surface area contributed by atoms with Crippen LogP contribution in [0.15, 0.2) is 18.2 Å². The molecule has 0 aliphatic heterocycles. The van der Waals surface area contributed by atoms with Crippen molar-refractivity contribution >= 4 is 0 Å². The van der Waals surface area contributed by atoms with Crippen LogP contribution in [0.25, 0.3) is 0 Å². The molecule has 1 radical (unpaired) electrons. The molecule has 0 aromatic heterocycles. The third-order valence-electron chi connectivity index (χ3n) is 1.68. The second-order valence-electron chi connectivity index (χ2n) is 3.29. The van der Waals surface area contributed by atoms with E-state index >= 15 is 0 Å². The van der Waals surface area contributed by atoms with Crippen LogP contribution in [-0.4, -0.2) is 5.11 Å². The van der Waals surface area contributed by atoms with E-state index in [1.165, 1.54) is 0 Å². The zero-order chi connectivity index (χ0) is 8.48. The summed E-state index contributed by atoms with van der Waals surface area (Å²) in [6, 6.07) is 8.74. The van der Waals surface area contributed by atoms with Gasteiger partial charge in [0.15, 0.2) is 0 Å². The smallest absolute Gasteiger partial charge is 0.0849 e. The van der Waals surface area contributed by atoms with E-state index in [9.17, 15) is 5.11 Å². The minimum atomic E-state index is -0.772.